The van der Waals surface area contributed by atoms with Crippen molar-refractivity contribution < 1.29 is 5.11 Å². The first-order chi connectivity index (χ1) is 9.65. The van der Waals surface area contributed by atoms with E-state index in [1.165, 1.54) is 19.3 Å². The van der Waals surface area contributed by atoms with E-state index >= 15 is 0 Å². The Morgan fingerprint density at radius 3 is 2.55 bits per heavy atom. The second kappa shape index (κ2) is 6.98. The topological polar surface area (TPSA) is 35.5 Å². The van der Waals surface area contributed by atoms with E-state index in [9.17, 15) is 5.11 Å². The van der Waals surface area contributed by atoms with Crippen molar-refractivity contribution in [3.05, 3.63) is 23.8 Å². The van der Waals surface area contributed by atoms with Crippen molar-refractivity contribution in [1.29, 1.82) is 0 Å². The molecule has 0 spiro atoms. The highest BCUT2D eigenvalue weighted by molar-refractivity contribution is 5.54. The van der Waals surface area contributed by atoms with Crippen molar-refractivity contribution in [2.45, 2.75) is 46.1 Å². The maximum absolute atomic E-state index is 10.3. The van der Waals surface area contributed by atoms with Crippen molar-refractivity contribution in [2.75, 3.05) is 24.5 Å². The van der Waals surface area contributed by atoms with Gasteiger partial charge < -0.3 is 15.3 Å². The van der Waals surface area contributed by atoms with E-state index < -0.39 is 0 Å². The summed E-state index contributed by atoms with van der Waals surface area (Å²) >= 11 is 0. The molecule has 0 aromatic heterocycles. The van der Waals surface area contributed by atoms with Crippen molar-refractivity contribution in [3.8, 4) is 5.75 Å². The summed E-state index contributed by atoms with van der Waals surface area (Å²) in [4.78, 5) is 2.40. The second-order valence-electron chi connectivity index (χ2n) is 5.86. The average Bonchev–Trinajstić information content (AvgIpc) is 2.47. The number of hydrogen-bond donors (Lipinski definition) is 2. The lowest BCUT2D eigenvalue weighted by Gasteiger charge is -2.33. The lowest BCUT2D eigenvalue weighted by atomic mass is 9.94. The zero-order valence-electron chi connectivity index (χ0n) is 13.0. The maximum Gasteiger partial charge on any atom is 0.122 e. The molecule has 0 radical (unpaired) electrons. The molecule has 2 N–H and O–H groups in total. The van der Waals surface area contributed by atoms with Gasteiger partial charge in [0.25, 0.3) is 0 Å². The van der Waals surface area contributed by atoms with Crippen LogP contribution in [0, 0.1) is 5.92 Å². The van der Waals surface area contributed by atoms with E-state index in [1.54, 1.807) is 0 Å². The standard InChI is InChI=1S/C17H28N2O/c1-4-14-8-10-19(11-9-14)15-6-7-16(17(20)12-15)13(3)18-5-2/h6-7,12-14,18,20H,4-5,8-11H2,1-3H3. The molecule has 1 atom stereocenters. The number of nitrogens with one attached hydrogen (secondary N) is 1. The van der Waals surface area contributed by atoms with Crippen molar-refractivity contribution in [3.63, 3.8) is 0 Å². The zero-order chi connectivity index (χ0) is 14.5. The van der Waals surface area contributed by atoms with Crippen LogP contribution in [0.5, 0.6) is 5.75 Å². The SMILES string of the molecule is CCNC(C)c1ccc(N2CCC(CC)CC2)cc1O. The quantitative estimate of drug-likeness (QED) is 0.861. The summed E-state index contributed by atoms with van der Waals surface area (Å²) in [6, 6.07) is 6.33. The lowest BCUT2D eigenvalue weighted by Crippen LogP contribution is -2.33. The Hall–Kier alpha value is -1.22. The molecule has 2 rings (SSSR count). The first kappa shape index (κ1) is 15.2. The molecule has 0 aliphatic carbocycles. The van der Waals surface area contributed by atoms with Gasteiger partial charge in [-0.25, -0.2) is 0 Å². The summed E-state index contributed by atoms with van der Waals surface area (Å²) in [6.45, 7) is 9.58. The number of piperidine rings is 1. The molecule has 1 heterocycles. The highest BCUT2D eigenvalue weighted by Gasteiger charge is 2.19. The van der Waals surface area contributed by atoms with Crippen LogP contribution in [0.25, 0.3) is 0 Å². The summed E-state index contributed by atoms with van der Waals surface area (Å²) in [6.07, 6.45) is 3.83. The molecular formula is C17H28N2O. The molecule has 20 heavy (non-hydrogen) atoms. The third-order valence-corrected chi connectivity index (χ3v) is 4.55. The number of phenols is 1. The Morgan fingerprint density at radius 2 is 2.00 bits per heavy atom. The summed E-state index contributed by atoms with van der Waals surface area (Å²) in [5.41, 5.74) is 2.14. The molecular weight excluding hydrogens is 248 g/mol. The average molecular weight is 276 g/mol. The Morgan fingerprint density at radius 1 is 1.30 bits per heavy atom. The van der Waals surface area contributed by atoms with Crippen LogP contribution in [0.4, 0.5) is 5.69 Å². The minimum Gasteiger partial charge on any atom is -0.508 e. The van der Waals surface area contributed by atoms with Gasteiger partial charge in [-0.2, -0.15) is 0 Å². The summed E-state index contributed by atoms with van der Waals surface area (Å²) in [7, 11) is 0. The van der Waals surface area contributed by atoms with Crippen LogP contribution in [0.1, 0.15) is 51.6 Å². The van der Waals surface area contributed by atoms with Gasteiger partial charge in [0.15, 0.2) is 0 Å². The molecule has 0 amide bonds. The van der Waals surface area contributed by atoms with Crippen LogP contribution >= 0.6 is 0 Å². The minimum absolute atomic E-state index is 0.194. The normalized spacial score (nSPS) is 18.2. The Kier molecular flexibility index (Phi) is 5.30. The van der Waals surface area contributed by atoms with E-state index in [2.05, 4.69) is 43.1 Å². The van der Waals surface area contributed by atoms with Gasteiger partial charge in [-0.05, 0) is 38.3 Å². The van der Waals surface area contributed by atoms with Crippen LogP contribution < -0.4 is 10.2 Å². The van der Waals surface area contributed by atoms with Gasteiger partial charge in [-0.3, -0.25) is 0 Å². The molecule has 112 valence electrons. The molecule has 1 aromatic carbocycles. The first-order valence-corrected chi connectivity index (χ1v) is 7.96. The van der Waals surface area contributed by atoms with Crippen LogP contribution in [-0.4, -0.2) is 24.7 Å². The Balaban J connectivity index is 2.05. The van der Waals surface area contributed by atoms with Crippen LogP contribution in [0.15, 0.2) is 18.2 Å². The largest absolute Gasteiger partial charge is 0.508 e. The number of nitrogens with zero attached hydrogens (tertiary/aromatic N) is 1. The lowest BCUT2D eigenvalue weighted by molar-refractivity contribution is 0.394. The van der Waals surface area contributed by atoms with Crippen LogP contribution in [0.2, 0.25) is 0 Å². The summed E-state index contributed by atoms with van der Waals surface area (Å²) in [5, 5.41) is 13.6. The highest BCUT2D eigenvalue weighted by Crippen LogP contribution is 2.31. The molecule has 1 saturated heterocycles. The van der Waals surface area contributed by atoms with Crippen molar-refractivity contribution in [1.82, 2.24) is 5.32 Å². The number of benzene rings is 1. The minimum atomic E-state index is 0.194. The summed E-state index contributed by atoms with van der Waals surface area (Å²) in [5.74, 6) is 1.29. The van der Waals surface area contributed by atoms with E-state index in [-0.39, 0.29) is 6.04 Å². The van der Waals surface area contributed by atoms with Gasteiger partial charge in [-0.15, -0.1) is 0 Å². The molecule has 3 heteroatoms. The van der Waals surface area contributed by atoms with E-state index in [4.69, 9.17) is 0 Å². The first-order valence-electron chi connectivity index (χ1n) is 7.96. The molecule has 1 unspecified atom stereocenters. The second-order valence-corrected chi connectivity index (χ2v) is 5.86. The number of aromatic hydroxyl groups is 1. The Labute approximate surface area is 123 Å². The van der Waals surface area contributed by atoms with Gasteiger partial charge in [0, 0.05) is 36.4 Å². The zero-order valence-corrected chi connectivity index (χ0v) is 13.0. The molecule has 0 saturated carbocycles. The van der Waals surface area contributed by atoms with Gasteiger partial charge in [0.2, 0.25) is 0 Å². The van der Waals surface area contributed by atoms with Gasteiger partial charge >= 0.3 is 0 Å². The smallest absolute Gasteiger partial charge is 0.122 e. The van der Waals surface area contributed by atoms with Crippen LogP contribution in [0.3, 0.4) is 0 Å². The molecule has 3 nitrogen and oxygen atoms in total. The fourth-order valence-electron chi connectivity index (χ4n) is 3.11. The number of anilines is 1. The van der Waals surface area contributed by atoms with E-state index in [0.717, 1.165) is 36.8 Å². The highest BCUT2D eigenvalue weighted by atomic mass is 16.3. The molecule has 1 aromatic rings. The van der Waals surface area contributed by atoms with Gasteiger partial charge in [0.1, 0.15) is 5.75 Å². The maximum atomic E-state index is 10.3. The third kappa shape index (κ3) is 3.45. The number of phenolic OH excluding ortho intramolecular Hbond substituents is 1. The van der Waals surface area contributed by atoms with Gasteiger partial charge in [-0.1, -0.05) is 26.3 Å². The van der Waals surface area contributed by atoms with Gasteiger partial charge in [0.05, 0.1) is 0 Å². The Bertz CT molecular complexity index is 425. The fourth-order valence-corrected chi connectivity index (χ4v) is 3.11. The predicted molar refractivity (Wildman–Crippen MR) is 85.4 cm³/mol. The van der Waals surface area contributed by atoms with Crippen molar-refractivity contribution >= 4 is 5.69 Å². The van der Waals surface area contributed by atoms with Crippen LogP contribution in [-0.2, 0) is 0 Å². The molecule has 0 bridgehead atoms. The number of rotatable bonds is 5. The molecule has 1 aliphatic rings. The predicted octanol–water partition coefficient (Wildman–Crippen LogP) is 3.69. The molecule has 1 aliphatic heterocycles. The van der Waals surface area contributed by atoms with E-state index in [1.807, 2.05) is 6.07 Å². The number of hydrogen-bond acceptors (Lipinski definition) is 3. The monoisotopic (exact) mass is 276 g/mol. The fraction of sp³-hybridized carbons (Fsp3) is 0.647. The third-order valence-electron chi connectivity index (χ3n) is 4.55. The summed E-state index contributed by atoms with van der Waals surface area (Å²) < 4.78 is 0. The molecule has 1 fully saturated rings. The van der Waals surface area contributed by atoms with Crippen molar-refractivity contribution in [2.24, 2.45) is 5.92 Å². The van der Waals surface area contributed by atoms with E-state index in [0.29, 0.717) is 5.75 Å².